The summed E-state index contributed by atoms with van der Waals surface area (Å²) in [6.45, 7) is 9.08. The molecular formula is C16H22N2O. The molecule has 0 saturated carbocycles. The van der Waals surface area contributed by atoms with E-state index < -0.39 is 0 Å². The van der Waals surface area contributed by atoms with Crippen molar-refractivity contribution in [2.75, 3.05) is 0 Å². The van der Waals surface area contributed by atoms with E-state index in [9.17, 15) is 0 Å². The number of nitrogens with zero attached hydrogens (tertiary/aromatic N) is 1. The highest BCUT2D eigenvalue weighted by Crippen LogP contribution is 2.17. The minimum Gasteiger partial charge on any atom is -0.361 e. The van der Waals surface area contributed by atoms with Crippen LogP contribution in [0.15, 0.2) is 28.8 Å². The lowest BCUT2D eigenvalue weighted by atomic mass is 10.0. The maximum atomic E-state index is 5.17. The molecule has 2 rings (SSSR count). The minimum atomic E-state index is 0.319. The summed E-state index contributed by atoms with van der Waals surface area (Å²) < 4.78 is 5.17. The second-order valence-electron chi connectivity index (χ2n) is 5.00. The summed E-state index contributed by atoms with van der Waals surface area (Å²) in [5, 5.41) is 7.49. The third-order valence-corrected chi connectivity index (χ3v) is 3.65. The van der Waals surface area contributed by atoms with E-state index in [-0.39, 0.29) is 0 Å². The summed E-state index contributed by atoms with van der Waals surface area (Å²) in [6.07, 6.45) is 1.08. The van der Waals surface area contributed by atoms with Gasteiger partial charge >= 0.3 is 0 Å². The Hall–Kier alpha value is -1.61. The number of benzene rings is 1. The van der Waals surface area contributed by atoms with Crippen molar-refractivity contribution in [3.63, 3.8) is 0 Å². The van der Waals surface area contributed by atoms with Gasteiger partial charge in [-0.25, -0.2) is 0 Å². The first-order valence-corrected chi connectivity index (χ1v) is 6.85. The molecule has 102 valence electrons. The normalized spacial score (nSPS) is 12.6. The fourth-order valence-corrected chi connectivity index (χ4v) is 2.17. The highest BCUT2D eigenvalue weighted by molar-refractivity contribution is 5.25. The molecular weight excluding hydrogens is 236 g/mol. The van der Waals surface area contributed by atoms with E-state index in [0.29, 0.717) is 6.04 Å². The predicted molar refractivity (Wildman–Crippen MR) is 77.1 cm³/mol. The van der Waals surface area contributed by atoms with E-state index in [4.69, 9.17) is 4.52 Å². The Balaban J connectivity index is 1.99. The number of hydrogen-bond donors (Lipinski definition) is 1. The van der Waals surface area contributed by atoms with Crippen molar-refractivity contribution < 1.29 is 4.52 Å². The van der Waals surface area contributed by atoms with Crippen LogP contribution in [0.5, 0.6) is 0 Å². The van der Waals surface area contributed by atoms with Crippen molar-refractivity contribution in [1.29, 1.82) is 0 Å². The van der Waals surface area contributed by atoms with Gasteiger partial charge in [-0.15, -0.1) is 0 Å². The summed E-state index contributed by atoms with van der Waals surface area (Å²) in [6, 6.07) is 9.11. The Labute approximate surface area is 115 Å². The van der Waals surface area contributed by atoms with Gasteiger partial charge in [0.1, 0.15) is 5.76 Å². The molecule has 1 aromatic carbocycles. The van der Waals surface area contributed by atoms with Gasteiger partial charge in [0, 0.05) is 18.2 Å². The number of nitrogens with one attached hydrogen (secondary N) is 1. The maximum absolute atomic E-state index is 5.17. The summed E-state index contributed by atoms with van der Waals surface area (Å²) in [5.74, 6) is 0.901. The smallest absolute Gasteiger partial charge is 0.138 e. The van der Waals surface area contributed by atoms with E-state index in [1.54, 1.807) is 0 Å². The molecule has 0 aliphatic carbocycles. The van der Waals surface area contributed by atoms with Gasteiger partial charge in [-0.3, -0.25) is 0 Å². The SMILES string of the molecule is CCc1ccc(C(C)NCc2c(C)noc2C)cc1. The van der Waals surface area contributed by atoms with E-state index in [1.165, 1.54) is 11.1 Å². The van der Waals surface area contributed by atoms with Crippen LogP contribution in [0, 0.1) is 13.8 Å². The zero-order chi connectivity index (χ0) is 13.8. The van der Waals surface area contributed by atoms with Crippen molar-refractivity contribution in [2.24, 2.45) is 0 Å². The molecule has 0 amide bonds. The number of rotatable bonds is 5. The largest absolute Gasteiger partial charge is 0.361 e. The van der Waals surface area contributed by atoms with Crippen molar-refractivity contribution in [3.8, 4) is 0 Å². The van der Waals surface area contributed by atoms with Crippen molar-refractivity contribution >= 4 is 0 Å². The summed E-state index contributed by atoms with van der Waals surface area (Å²) in [4.78, 5) is 0. The first-order chi connectivity index (χ1) is 9.11. The average Bonchev–Trinajstić information content (AvgIpc) is 2.75. The van der Waals surface area contributed by atoms with Crippen LogP contribution in [0.3, 0.4) is 0 Å². The number of aryl methyl sites for hydroxylation is 3. The van der Waals surface area contributed by atoms with Gasteiger partial charge in [-0.05, 0) is 38.3 Å². The van der Waals surface area contributed by atoms with Crippen molar-refractivity contribution in [1.82, 2.24) is 10.5 Å². The van der Waals surface area contributed by atoms with Crippen molar-refractivity contribution in [3.05, 3.63) is 52.4 Å². The molecule has 0 aliphatic heterocycles. The molecule has 0 radical (unpaired) electrons. The molecule has 2 aromatic rings. The molecule has 3 heteroatoms. The van der Waals surface area contributed by atoms with E-state index in [2.05, 4.69) is 48.6 Å². The van der Waals surface area contributed by atoms with Gasteiger partial charge in [0.25, 0.3) is 0 Å². The van der Waals surface area contributed by atoms with Gasteiger partial charge in [-0.2, -0.15) is 0 Å². The van der Waals surface area contributed by atoms with Crippen LogP contribution >= 0.6 is 0 Å². The van der Waals surface area contributed by atoms with Gasteiger partial charge in [0.15, 0.2) is 0 Å². The first-order valence-electron chi connectivity index (χ1n) is 6.85. The highest BCUT2D eigenvalue weighted by Gasteiger charge is 2.11. The second-order valence-corrected chi connectivity index (χ2v) is 5.00. The second kappa shape index (κ2) is 6.02. The third-order valence-electron chi connectivity index (χ3n) is 3.65. The summed E-state index contributed by atoms with van der Waals surface area (Å²) >= 11 is 0. The monoisotopic (exact) mass is 258 g/mol. The molecule has 1 N–H and O–H groups in total. The number of hydrogen-bond acceptors (Lipinski definition) is 3. The molecule has 3 nitrogen and oxygen atoms in total. The molecule has 0 fully saturated rings. The van der Waals surface area contributed by atoms with Crippen LogP contribution in [0.1, 0.15) is 48.0 Å². The van der Waals surface area contributed by atoms with Gasteiger partial charge < -0.3 is 9.84 Å². The van der Waals surface area contributed by atoms with Gasteiger partial charge in [0.05, 0.1) is 5.69 Å². The molecule has 0 bridgehead atoms. The molecule has 0 aliphatic rings. The van der Waals surface area contributed by atoms with Gasteiger partial charge in [0.2, 0.25) is 0 Å². The lowest BCUT2D eigenvalue weighted by molar-refractivity contribution is 0.391. The van der Waals surface area contributed by atoms with E-state index >= 15 is 0 Å². The number of aromatic nitrogens is 1. The maximum Gasteiger partial charge on any atom is 0.138 e. The van der Waals surface area contributed by atoms with Crippen LogP contribution in [0.25, 0.3) is 0 Å². The Morgan fingerprint density at radius 3 is 2.42 bits per heavy atom. The predicted octanol–water partition coefficient (Wildman–Crippen LogP) is 3.70. The Morgan fingerprint density at radius 2 is 1.89 bits per heavy atom. The summed E-state index contributed by atoms with van der Waals surface area (Å²) in [5.41, 5.74) is 4.82. The molecule has 1 heterocycles. The fraction of sp³-hybridized carbons (Fsp3) is 0.438. The Bertz CT molecular complexity index is 509. The first kappa shape index (κ1) is 13.8. The van der Waals surface area contributed by atoms with E-state index in [1.807, 2.05) is 13.8 Å². The third kappa shape index (κ3) is 3.24. The molecule has 0 saturated heterocycles. The van der Waals surface area contributed by atoms with Gasteiger partial charge in [-0.1, -0.05) is 36.3 Å². The minimum absolute atomic E-state index is 0.319. The molecule has 1 aromatic heterocycles. The highest BCUT2D eigenvalue weighted by atomic mass is 16.5. The van der Waals surface area contributed by atoms with Crippen LogP contribution in [0.2, 0.25) is 0 Å². The topological polar surface area (TPSA) is 38.1 Å². The lowest BCUT2D eigenvalue weighted by Gasteiger charge is -2.14. The van der Waals surface area contributed by atoms with Crippen LogP contribution < -0.4 is 5.32 Å². The Kier molecular flexibility index (Phi) is 4.38. The average molecular weight is 258 g/mol. The fourth-order valence-electron chi connectivity index (χ4n) is 2.17. The molecule has 19 heavy (non-hydrogen) atoms. The quantitative estimate of drug-likeness (QED) is 0.888. The summed E-state index contributed by atoms with van der Waals surface area (Å²) in [7, 11) is 0. The van der Waals surface area contributed by atoms with Crippen LogP contribution in [-0.4, -0.2) is 5.16 Å². The molecule has 0 spiro atoms. The Morgan fingerprint density at radius 1 is 1.21 bits per heavy atom. The zero-order valence-corrected chi connectivity index (χ0v) is 12.2. The molecule has 1 unspecified atom stereocenters. The standard InChI is InChI=1S/C16H22N2O/c1-5-14-6-8-15(9-7-14)11(2)17-10-16-12(3)18-19-13(16)4/h6-9,11,17H,5,10H2,1-4H3. The lowest BCUT2D eigenvalue weighted by Crippen LogP contribution is -2.18. The molecule has 1 atom stereocenters. The van der Waals surface area contributed by atoms with E-state index in [0.717, 1.165) is 30.0 Å². The van der Waals surface area contributed by atoms with Crippen LogP contribution in [-0.2, 0) is 13.0 Å². The van der Waals surface area contributed by atoms with Crippen molar-refractivity contribution in [2.45, 2.75) is 46.7 Å². The zero-order valence-electron chi connectivity index (χ0n) is 12.2. The van der Waals surface area contributed by atoms with Crippen LogP contribution in [0.4, 0.5) is 0 Å².